The summed E-state index contributed by atoms with van der Waals surface area (Å²) in [6.07, 6.45) is 7.55. The fourth-order valence-electron chi connectivity index (χ4n) is 3.09. The van der Waals surface area contributed by atoms with Gasteiger partial charge in [0.05, 0.1) is 10.7 Å². The van der Waals surface area contributed by atoms with Crippen molar-refractivity contribution in [2.45, 2.75) is 57.9 Å². The highest BCUT2D eigenvalue weighted by molar-refractivity contribution is 7.09. The van der Waals surface area contributed by atoms with Gasteiger partial charge in [-0.1, -0.05) is 0 Å². The molecule has 7 heteroatoms. The zero-order chi connectivity index (χ0) is 15.4. The van der Waals surface area contributed by atoms with Crippen LogP contribution < -0.4 is 5.32 Å². The fourth-order valence-corrected chi connectivity index (χ4v) is 3.74. The minimum absolute atomic E-state index is 0. The average molecular weight is 394 g/mol. The van der Waals surface area contributed by atoms with Gasteiger partial charge in [0.1, 0.15) is 0 Å². The molecular weight excluding hydrogens is 365 g/mol. The summed E-state index contributed by atoms with van der Waals surface area (Å²) in [5.74, 6) is 1.27. The summed E-state index contributed by atoms with van der Waals surface area (Å²) in [5.41, 5.74) is 1.14. The Morgan fingerprint density at radius 2 is 2.00 bits per heavy atom. The summed E-state index contributed by atoms with van der Waals surface area (Å²) in [6.45, 7) is 5.07. The second-order valence-electron chi connectivity index (χ2n) is 6.72. The number of rotatable bonds is 7. The smallest absolute Gasteiger partial charge is 0.222 e. The van der Waals surface area contributed by atoms with Gasteiger partial charge in [-0.3, -0.25) is 4.79 Å². The van der Waals surface area contributed by atoms with Gasteiger partial charge in [-0.2, -0.15) is 0 Å². The number of aromatic nitrogens is 1. The lowest BCUT2D eigenvalue weighted by atomic mass is 10.0. The van der Waals surface area contributed by atoms with Crippen molar-refractivity contribution in [2.24, 2.45) is 5.92 Å². The van der Waals surface area contributed by atoms with Crippen LogP contribution in [0.3, 0.4) is 0 Å². The number of aryl methyl sites for hydroxylation is 2. The molecular formula is C17H29Cl2N3OS. The third-order valence-corrected chi connectivity index (χ3v) is 5.55. The van der Waals surface area contributed by atoms with Crippen LogP contribution in [0.4, 0.5) is 0 Å². The fraction of sp³-hybridized carbons (Fsp3) is 0.765. The van der Waals surface area contributed by atoms with Crippen molar-refractivity contribution < 1.29 is 4.79 Å². The van der Waals surface area contributed by atoms with Gasteiger partial charge in [0, 0.05) is 30.9 Å². The first-order chi connectivity index (χ1) is 10.7. The Morgan fingerprint density at radius 1 is 1.29 bits per heavy atom. The molecule has 0 radical (unpaired) electrons. The predicted octanol–water partition coefficient (Wildman–Crippen LogP) is 3.61. The van der Waals surface area contributed by atoms with E-state index in [2.05, 4.69) is 20.6 Å². The number of thiazole rings is 1. The van der Waals surface area contributed by atoms with Crippen LogP contribution in [-0.4, -0.2) is 41.5 Å². The largest absolute Gasteiger partial charge is 0.343 e. The maximum Gasteiger partial charge on any atom is 0.222 e. The molecule has 0 aromatic carbocycles. The number of carbonyl (C=O) groups excluding carboxylic acids is 1. The molecule has 1 N–H and O–H groups in total. The molecule has 1 aromatic rings. The Hall–Kier alpha value is -0.360. The quantitative estimate of drug-likeness (QED) is 0.769. The first-order valence-electron chi connectivity index (χ1n) is 8.63. The number of nitrogens with one attached hydrogen (secondary N) is 1. The van der Waals surface area contributed by atoms with E-state index in [1.165, 1.54) is 19.4 Å². The van der Waals surface area contributed by atoms with Gasteiger partial charge < -0.3 is 10.2 Å². The maximum absolute atomic E-state index is 12.3. The van der Waals surface area contributed by atoms with Crippen molar-refractivity contribution in [2.75, 3.05) is 19.6 Å². The molecule has 24 heavy (non-hydrogen) atoms. The van der Waals surface area contributed by atoms with Crippen molar-refractivity contribution in [1.29, 1.82) is 0 Å². The third kappa shape index (κ3) is 6.87. The van der Waals surface area contributed by atoms with E-state index >= 15 is 0 Å². The highest BCUT2D eigenvalue weighted by Crippen LogP contribution is 2.28. The lowest BCUT2D eigenvalue weighted by molar-refractivity contribution is -0.132. The summed E-state index contributed by atoms with van der Waals surface area (Å²) >= 11 is 1.69. The standard InChI is InChI=1S/C17H27N3OS.2ClH/c1-13-19-16(12-22-13)3-2-4-17(21)20-9-7-15(8-10-20)18-11-14-5-6-14;;/h12,14-15,18H,2-11H2,1H3;2*1H. The van der Waals surface area contributed by atoms with Crippen molar-refractivity contribution in [3.8, 4) is 0 Å². The topological polar surface area (TPSA) is 45.2 Å². The predicted molar refractivity (Wildman–Crippen MR) is 105 cm³/mol. The number of hydrogen-bond donors (Lipinski definition) is 1. The molecule has 0 spiro atoms. The summed E-state index contributed by atoms with van der Waals surface area (Å²) < 4.78 is 0. The van der Waals surface area contributed by atoms with Crippen LogP contribution in [0.1, 0.15) is 49.2 Å². The maximum atomic E-state index is 12.3. The Bertz CT molecular complexity index is 500. The summed E-state index contributed by atoms with van der Waals surface area (Å²) in [5, 5.41) is 6.89. The minimum atomic E-state index is 0. The highest BCUT2D eigenvalue weighted by atomic mass is 35.5. The number of amides is 1. The van der Waals surface area contributed by atoms with Gasteiger partial charge in [0.2, 0.25) is 5.91 Å². The molecule has 2 aliphatic rings. The Balaban J connectivity index is 0.00000144. The molecule has 138 valence electrons. The molecule has 1 saturated heterocycles. The van der Waals surface area contributed by atoms with Crippen LogP contribution in [0, 0.1) is 12.8 Å². The molecule has 1 aromatic heterocycles. The molecule has 4 nitrogen and oxygen atoms in total. The number of piperidine rings is 1. The first-order valence-corrected chi connectivity index (χ1v) is 9.51. The molecule has 2 heterocycles. The molecule has 0 bridgehead atoms. The molecule has 0 atom stereocenters. The van der Waals surface area contributed by atoms with E-state index in [0.717, 1.165) is 55.4 Å². The number of halogens is 2. The van der Waals surface area contributed by atoms with E-state index in [9.17, 15) is 4.79 Å². The van der Waals surface area contributed by atoms with E-state index in [-0.39, 0.29) is 24.8 Å². The third-order valence-electron chi connectivity index (χ3n) is 4.73. The van der Waals surface area contributed by atoms with Crippen molar-refractivity contribution in [3.05, 3.63) is 16.1 Å². The van der Waals surface area contributed by atoms with Gasteiger partial charge in [-0.25, -0.2) is 4.98 Å². The summed E-state index contributed by atoms with van der Waals surface area (Å²) in [6, 6.07) is 0.627. The van der Waals surface area contributed by atoms with Gasteiger partial charge in [0.15, 0.2) is 0 Å². The Labute approximate surface area is 161 Å². The molecule has 1 saturated carbocycles. The number of hydrogen-bond acceptors (Lipinski definition) is 4. The SMILES string of the molecule is Cc1nc(CCCC(=O)N2CCC(NCC3CC3)CC2)cs1.Cl.Cl. The second-order valence-corrected chi connectivity index (χ2v) is 7.78. The molecule has 1 amide bonds. The van der Waals surface area contributed by atoms with E-state index in [4.69, 9.17) is 0 Å². The Morgan fingerprint density at radius 3 is 2.58 bits per heavy atom. The van der Waals surface area contributed by atoms with E-state index < -0.39 is 0 Å². The van der Waals surface area contributed by atoms with Crippen molar-refractivity contribution in [3.63, 3.8) is 0 Å². The van der Waals surface area contributed by atoms with Crippen LogP contribution in [0.2, 0.25) is 0 Å². The van der Waals surface area contributed by atoms with Gasteiger partial charge in [0.25, 0.3) is 0 Å². The van der Waals surface area contributed by atoms with E-state index in [0.29, 0.717) is 18.4 Å². The number of nitrogens with zero attached hydrogens (tertiary/aromatic N) is 2. The van der Waals surface area contributed by atoms with Gasteiger partial charge in [-0.05, 0) is 57.9 Å². The summed E-state index contributed by atoms with van der Waals surface area (Å²) in [4.78, 5) is 18.8. The molecule has 3 rings (SSSR count). The second kappa shape index (κ2) is 10.6. The van der Waals surface area contributed by atoms with Crippen molar-refractivity contribution >= 4 is 42.1 Å². The van der Waals surface area contributed by atoms with E-state index in [1.54, 1.807) is 11.3 Å². The van der Waals surface area contributed by atoms with Gasteiger partial charge in [-0.15, -0.1) is 36.2 Å². The van der Waals surface area contributed by atoms with Crippen LogP contribution in [0.25, 0.3) is 0 Å². The number of likely N-dealkylation sites (tertiary alicyclic amines) is 1. The zero-order valence-electron chi connectivity index (χ0n) is 14.3. The lowest BCUT2D eigenvalue weighted by Gasteiger charge is -2.32. The molecule has 2 fully saturated rings. The van der Waals surface area contributed by atoms with Crippen LogP contribution in [0.5, 0.6) is 0 Å². The minimum Gasteiger partial charge on any atom is -0.343 e. The molecule has 1 aliphatic carbocycles. The van der Waals surface area contributed by atoms with Crippen LogP contribution in [-0.2, 0) is 11.2 Å². The normalized spacial score (nSPS) is 18.0. The molecule has 1 aliphatic heterocycles. The van der Waals surface area contributed by atoms with Crippen molar-refractivity contribution in [1.82, 2.24) is 15.2 Å². The van der Waals surface area contributed by atoms with Gasteiger partial charge >= 0.3 is 0 Å². The van der Waals surface area contributed by atoms with E-state index in [1.807, 2.05) is 6.92 Å². The average Bonchev–Trinajstić information content (AvgIpc) is 3.27. The Kier molecular flexibility index (Phi) is 9.57. The van der Waals surface area contributed by atoms with Crippen LogP contribution >= 0.6 is 36.2 Å². The molecule has 0 unspecified atom stereocenters. The first kappa shape index (κ1) is 21.7. The lowest BCUT2D eigenvalue weighted by Crippen LogP contribution is -2.45. The highest BCUT2D eigenvalue weighted by Gasteiger charge is 2.25. The zero-order valence-corrected chi connectivity index (χ0v) is 16.8. The summed E-state index contributed by atoms with van der Waals surface area (Å²) in [7, 11) is 0. The monoisotopic (exact) mass is 393 g/mol. The van der Waals surface area contributed by atoms with Crippen LogP contribution in [0.15, 0.2) is 5.38 Å². The number of carbonyl (C=O) groups is 1.